The third-order valence-electron chi connectivity index (χ3n) is 4.05. The van der Waals surface area contributed by atoms with E-state index >= 15 is 0 Å². The number of hydrogen-bond acceptors (Lipinski definition) is 7. The van der Waals surface area contributed by atoms with E-state index in [0.717, 1.165) is 0 Å². The summed E-state index contributed by atoms with van der Waals surface area (Å²) >= 11 is 1.31. The van der Waals surface area contributed by atoms with Crippen LogP contribution in [0, 0.1) is 5.92 Å². The number of esters is 2. The topological polar surface area (TPSA) is 78.9 Å². The molecule has 1 aromatic carbocycles. The van der Waals surface area contributed by atoms with Crippen LogP contribution in [0.1, 0.15) is 27.6 Å². The second kappa shape index (κ2) is 9.15. The molecule has 0 unspecified atom stereocenters. The molecule has 0 aliphatic heterocycles. The Morgan fingerprint density at radius 1 is 0.962 bits per heavy atom. The zero-order chi connectivity index (χ0) is 19.1. The first-order valence-corrected chi connectivity index (χ1v) is 8.76. The molecule has 2 rings (SSSR count). The average Bonchev–Trinajstić information content (AvgIpc) is 3.21. The predicted octanol–water partition coefficient (Wildman–Crippen LogP) is 3.08. The maximum absolute atomic E-state index is 12.7. The van der Waals surface area contributed by atoms with Gasteiger partial charge in [0.05, 0.1) is 26.2 Å². The van der Waals surface area contributed by atoms with Crippen molar-refractivity contribution in [2.24, 2.45) is 5.92 Å². The van der Waals surface area contributed by atoms with Crippen molar-refractivity contribution in [1.29, 1.82) is 0 Å². The minimum absolute atomic E-state index is 0.0598. The van der Waals surface area contributed by atoms with Crippen LogP contribution < -0.4 is 4.74 Å². The number of para-hydroxylation sites is 1. The number of rotatable bonds is 8. The number of carbonyl (C=O) groups excluding carboxylic acids is 3. The molecule has 0 saturated carbocycles. The lowest BCUT2D eigenvalue weighted by Gasteiger charge is -2.24. The molecule has 138 valence electrons. The van der Waals surface area contributed by atoms with E-state index in [1.165, 1.54) is 32.7 Å². The molecule has 7 heteroatoms. The summed E-state index contributed by atoms with van der Waals surface area (Å²) in [4.78, 5) is 37.9. The standard InChI is InChI=1S/C19H20O6S/c1-23-15-8-5-4-7-12(15)13(11-14(20)16-9-6-10-26-16)17(18(21)24-2)19(22)25-3/h4-10,13,17H,11H2,1-3H3/t13-/m0/s1. The molecule has 0 radical (unpaired) electrons. The predicted molar refractivity (Wildman–Crippen MR) is 96.5 cm³/mol. The van der Waals surface area contributed by atoms with E-state index in [0.29, 0.717) is 16.2 Å². The van der Waals surface area contributed by atoms with Gasteiger partial charge in [0.2, 0.25) is 0 Å². The Morgan fingerprint density at radius 2 is 1.62 bits per heavy atom. The van der Waals surface area contributed by atoms with Gasteiger partial charge >= 0.3 is 11.9 Å². The average molecular weight is 376 g/mol. The minimum Gasteiger partial charge on any atom is -0.496 e. The monoisotopic (exact) mass is 376 g/mol. The molecule has 0 N–H and O–H groups in total. The fraction of sp³-hybridized carbons (Fsp3) is 0.316. The number of ketones is 1. The fourth-order valence-electron chi connectivity index (χ4n) is 2.80. The molecule has 6 nitrogen and oxygen atoms in total. The highest BCUT2D eigenvalue weighted by Crippen LogP contribution is 2.37. The Balaban J connectivity index is 2.50. The SMILES string of the molecule is COC(=O)C(C(=O)OC)[C@@H](CC(=O)c1cccs1)c1ccccc1OC. The summed E-state index contributed by atoms with van der Waals surface area (Å²) < 4.78 is 15.0. The van der Waals surface area contributed by atoms with Gasteiger partial charge in [0, 0.05) is 12.3 Å². The lowest BCUT2D eigenvalue weighted by atomic mass is 9.81. The largest absolute Gasteiger partial charge is 0.496 e. The zero-order valence-electron chi connectivity index (χ0n) is 14.8. The van der Waals surface area contributed by atoms with Crippen LogP contribution in [0.15, 0.2) is 41.8 Å². The summed E-state index contributed by atoms with van der Waals surface area (Å²) in [6.07, 6.45) is -0.0598. The first-order valence-electron chi connectivity index (χ1n) is 7.88. The fourth-order valence-corrected chi connectivity index (χ4v) is 3.47. The molecule has 0 aliphatic carbocycles. The van der Waals surface area contributed by atoms with Crippen molar-refractivity contribution in [2.45, 2.75) is 12.3 Å². The highest BCUT2D eigenvalue weighted by atomic mass is 32.1. The Kier molecular flexibility index (Phi) is 6.91. The highest BCUT2D eigenvalue weighted by Gasteiger charge is 2.40. The molecule has 1 atom stereocenters. The van der Waals surface area contributed by atoms with Crippen molar-refractivity contribution < 1.29 is 28.6 Å². The van der Waals surface area contributed by atoms with Gasteiger partial charge in [-0.15, -0.1) is 11.3 Å². The van der Waals surface area contributed by atoms with Gasteiger partial charge in [0.15, 0.2) is 11.7 Å². The highest BCUT2D eigenvalue weighted by molar-refractivity contribution is 7.12. The van der Waals surface area contributed by atoms with Gasteiger partial charge in [0.1, 0.15) is 5.75 Å². The molecule has 0 aliphatic rings. The molecule has 0 amide bonds. The molecule has 2 aromatic rings. The Labute approximate surface area is 155 Å². The Morgan fingerprint density at radius 3 is 2.15 bits per heavy atom. The van der Waals surface area contributed by atoms with Crippen molar-refractivity contribution in [2.75, 3.05) is 21.3 Å². The van der Waals surface area contributed by atoms with Crippen LogP contribution in [0.25, 0.3) is 0 Å². The van der Waals surface area contributed by atoms with Crippen molar-refractivity contribution >= 4 is 29.1 Å². The number of methoxy groups -OCH3 is 3. The molecular weight excluding hydrogens is 356 g/mol. The van der Waals surface area contributed by atoms with E-state index in [1.54, 1.807) is 41.8 Å². The van der Waals surface area contributed by atoms with Crippen LogP contribution in [0.4, 0.5) is 0 Å². The minimum atomic E-state index is -1.27. The first-order chi connectivity index (χ1) is 12.5. The number of carbonyl (C=O) groups is 3. The lowest BCUT2D eigenvalue weighted by molar-refractivity contribution is -0.159. The van der Waals surface area contributed by atoms with E-state index in [-0.39, 0.29) is 12.2 Å². The summed E-state index contributed by atoms with van der Waals surface area (Å²) in [6.45, 7) is 0. The number of Topliss-reactive ketones (excluding diaryl/α,β-unsaturated/α-hetero) is 1. The van der Waals surface area contributed by atoms with Crippen molar-refractivity contribution in [3.05, 3.63) is 52.2 Å². The molecular formula is C19H20O6S. The maximum Gasteiger partial charge on any atom is 0.320 e. The summed E-state index contributed by atoms with van der Waals surface area (Å²) in [5.74, 6) is -3.26. The molecule has 0 bridgehead atoms. The van der Waals surface area contributed by atoms with Crippen LogP contribution in [0.5, 0.6) is 5.75 Å². The summed E-state index contributed by atoms with van der Waals surface area (Å²) in [5.41, 5.74) is 0.570. The van der Waals surface area contributed by atoms with Crippen LogP contribution in [0.3, 0.4) is 0 Å². The van der Waals surface area contributed by atoms with Gasteiger partial charge in [-0.05, 0) is 23.1 Å². The Hall–Kier alpha value is -2.67. The van der Waals surface area contributed by atoms with Crippen molar-refractivity contribution in [3.63, 3.8) is 0 Å². The second-order valence-electron chi connectivity index (χ2n) is 5.48. The smallest absolute Gasteiger partial charge is 0.320 e. The van der Waals surface area contributed by atoms with E-state index in [4.69, 9.17) is 14.2 Å². The normalized spacial score (nSPS) is 11.7. The maximum atomic E-state index is 12.7. The molecule has 1 heterocycles. The van der Waals surface area contributed by atoms with Gasteiger partial charge in [-0.3, -0.25) is 14.4 Å². The molecule has 0 spiro atoms. The molecule has 1 aromatic heterocycles. The van der Waals surface area contributed by atoms with Crippen LogP contribution in [-0.2, 0) is 19.1 Å². The van der Waals surface area contributed by atoms with E-state index < -0.39 is 23.8 Å². The summed E-state index contributed by atoms with van der Waals surface area (Å²) in [7, 11) is 3.87. The molecule has 26 heavy (non-hydrogen) atoms. The lowest BCUT2D eigenvalue weighted by Crippen LogP contribution is -2.33. The van der Waals surface area contributed by atoms with Crippen LogP contribution in [-0.4, -0.2) is 39.1 Å². The van der Waals surface area contributed by atoms with Gasteiger partial charge in [-0.2, -0.15) is 0 Å². The number of benzene rings is 1. The molecule has 0 fully saturated rings. The van der Waals surface area contributed by atoms with Crippen LogP contribution >= 0.6 is 11.3 Å². The first kappa shape index (κ1) is 19.7. The van der Waals surface area contributed by atoms with E-state index in [2.05, 4.69) is 0 Å². The van der Waals surface area contributed by atoms with Crippen molar-refractivity contribution in [1.82, 2.24) is 0 Å². The van der Waals surface area contributed by atoms with E-state index in [1.807, 2.05) is 0 Å². The van der Waals surface area contributed by atoms with Crippen molar-refractivity contribution in [3.8, 4) is 5.75 Å². The zero-order valence-corrected chi connectivity index (χ0v) is 15.6. The summed E-state index contributed by atoms with van der Waals surface area (Å²) in [5, 5.41) is 1.80. The third kappa shape index (κ3) is 4.29. The second-order valence-corrected chi connectivity index (χ2v) is 6.42. The van der Waals surface area contributed by atoms with Gasteiger partial charge < -0.3 is 14.2 Å². The quantitative estimate of drug-likeness (QED) is 0.400. The number of ether oxygens (including phenoxy) is 3. The third-order valence-corrected chi connectivity index (χ3v) is 4.96. The number of hydrogen-bond donors (Lipinski definition) is 0. The van der Waals surface area contributed by atoms with Crippen LogP contribution in [0.2, 0.25) is 0 Å². The van der Waals surface area contributed by atoms with E-state index in [9.17, 15) is 14.4 Å². The molecule has 0 saturated heterocycles. The van der Waals surface area contributed by atoms with Gasteiger partial charge in [0.25, 0.3) is 0 Å². The number of thiophene rings is 1. The summed E-state index contributed by atoms with van der Waals surface area (Å²) in [6, 6.07) is 10.4. The van der Waals surface area contributed by atoms with Gasteiger partial charge in [-0.1, -0.05) is 24.3 Å². The van der Waals surface area contributed by atoms with Gasteiger partial charge in [-0.25, -0.2) is 0 Å². The Bertz CT molecular complexity index is 752.